The molecule has 23 heavy (non-hydrogen) atoms. The third-order valence-electron chi connectivity index (χ3n) is 5.77. The summed E-state index contributed by atoms with van der Waals surface area (Å²) >= 11 is 0. The van der Waals surface area contributed by atoms with Crippen LogP contribution in [0.25, 0.3) is 0 Å². The van der Waals surface area contributed by atoms with Crippen LogP contribution in [0.5, 0.6) is 0 Å². The van der Waals surface area contributed by atoms with Crippen LogP contribution in [0, 0.1) is 17.8 Å². The van der Waals surface area contributed by atoms with Crippen molar-refractivity contribution < 1.29 is 18.9 Å². The molecule has 5 heteroatoms. The lowest BCUT2D eigenvalue weighted by Gasteiger charge is -2.55. The minimum absolute atomic E-state index is 0.128. The van der Waals surface area contributed by atoms with Gasteiger partial charge in [0.1, 0.15) is 11.2 Å². The van der Waals surface area contributed by atoms with Gasteiger partial charge in [0.25, 0.3) is 5.91 Å². The van der Waals surface area contributed by atoms with Crippen molar-refractivity contribution in [3.05, 3.63) is 30.1 Å². The van der Waals surface area contributed by atoms with Gasteiger partial charge in [0.2, 0.25) is 6.54 Å². The summed E-state index contributed by atoms with van der Waals surface area (Å²) in [6.45, 7) is 0.128. The summed E-state index contributed by atoms with van der Waals surface area (Å²) in [5, 5.41) is 0. The predicted octanol–water partition coefficient (Wildman–Crippen LogP) is 1.58. The third kappa shape index (κ3) is 2.84. The predicted molar refractivity (Wildman–Crippen MR) is 82.1 cm³/mol. The number of carbonyl (C=O) groups excluding carboxylic acids is 2. The Kier molecular flexibility index (Phi) is 3.39. The molecule has 1 aromatic rings. The number of hydrogen-bond acceptors (Lipinski definition) is 3. The molecule has 0 unspecified atom stereocenters. The number of hydrogen-bond donors (Lipinski definition) is 1. The average Bonchev–Trinajstić information content (AvgIpc) is 2.45. The van der Waals surface area contributed by atoms with Crippen LogP contribution in [-0.2, 0) is 16.1 Å². The molecule has 4 aliphatic carbocycles. The summed E-state index contributed by atoms with van der Waals surface area (Å²) in [7, 11) is 0. The van der Waals surface area contributed by atoms with Crippen molar-refractivity contribution in [1.29, 1.82) is 0 Å². The lowest BCUT2D eigenvalue weighted by atomic mass is 9.54. The SMILES string of the molecule is NC(=O)c1ccc[n+](CC(=O)OC23CC4CC(CC(C4)C2)C3)c1. The molecule has 2 N–H and O–H groups in total. The van der Waals surface area contributed by atoms with Gasteiger partial charge in [-0.3, -0.25) is 4.79 Å². The van der Waals surface area contributed by atoms with Gasteiger partial charge < -0.3 is 10.5 Å². The Hall–Kier alpha value is -1.91. The monoisotopic (exact) mass is 315 g/mol. The van der Waals surface area contributed by atoms with Crippen molar-refractivity contribution >= 4 is 11.9 Å². The quantitative estimate of drug-likeness (QED) is 0.677. The smallest absolute Gasteiger partial charge is 0.373 e. The molecular formula is C18H23N2O3+. The molecule has 122 valence electrons. The number of nitrogens with zero attached hydrogens (tertiary/aromatic N) is 1. The number of amides is 1. The molecule has 0 spiro atoms. The molecule has 1 amide bonds. The van der Waals surface area contributed by atoms with Crippen LogP contribution in [0.15, 0.2) is 24.5 Å². The zero-order valence-electron chi connectivity index (χ0n) is 13.2. The van der Waals surface area contributed by atoms with Crippen LogP contribution in [0.4, 0.5) is 0 Å². The Morgan fingerprint density at radius 3 is 2.35 bits per heavy atom. The fraction of sp³-hybridized carbons (Fsp3) is 0.611. The van der Waals surface area contributed by atoms with Crippen molar-refractivity contribution in [3.8, 4) is 0 Å². The molecule has 0 atom stereocenters. The number of rotatable bonds is 4. The van der Waals surface area contributed by atoms with Gasteiger partial charge >= 0.3 is 5.97 Å². The van der Waals surface area contributed by atoms with Gasteiger partial charge in [-0.25, -0.2) is 4.79 Å². The first-order chi connectivity index (χ1) is 11.0. The standard InChI is InChI=1S/C18H22N2O3/c19-17(22)15-2-1-3-20(10-15)11-16(21)23-18-7-12-4-13(8-18)6-14(5-12)9-18/h1-3,10,12-14H,4-9,11H2,(H-,19,22)/p+1. The van der Waals surface area contributed by atoms with E-state index in [1.165, 1.54) is 19.3 Å². The second-order valence-corrected chi connectivity index (χ2v) is 7.70. The molecule has 4 fully saturated rings. The number of pyridine rings is 1. The van der Waals surface area contributed by atoms with Crippen molar-refractivity contribution in [2.24, 2.45) is 23.5 Å². The number of carbonyl (C=O) groups is 2. The summed E-state index contributed by atoms with van der Waals surface area (Å²) in [5.41, 5.74) is 5.46. The lowest BCUT2D eigenvalue weighted by molar-refractivity contribution is -0.686. The van der Waals surface area contributed by atoms with E-state index in [1.807, 2.05) is 0 Å². The molecule has 4 bridgehead atoms. The molecule has 5 rings (SSSR count). The maximum absolute atomic E-state index is 12.4. The molecular weight excluding hydrogens is 292 g/mol. The van der Waals surface area contributed by atoms with E-state index in [4.69, 9.17) is 10.5 Å². The van der Waals surface area contributed by atoms with Gasteiger partial charge in [-0.15, -0.1) is 0 Å². The fourth-order valence-electron chi connectivity index (χ4n) is 5.35. The van der Waals surface area contributed by atoms with Gasteiger partial charge in [0.15, 0.2) is 12.4 Å². The first-order valence-corrected chi connectivity index (χ1v) is 8.52. The lowest BCUT2D eigenvalue weighted by Crippen LogP contribution is -2.54. The Bertz CT molecular complexity index is 620. The number of primary amides is 1. The summed E-state index contributed by atoms with van der Waals surface area (Å²) in [6.07, 6.45) is 10.4. The van der Waals surface area contributed by atoms with Gasteiger partial charge in [-0.2, -0.15) is 4.57 Å². The van der Waals surface area contributed by atoms with Gasteiger partial charge in [0, 0.05) is 6.07 Å². The van der Waals surface area contributed by atoms with Crippen LogP contribution in [0.1, 0.15) is 48.9 Å². The molecule has 5 nitrogen and oxygen atoms in total. The van der Waals surface area contributed by atoms with Gasteiger partial charge in [-0.05, 0) is 62.3 Å². The number of esters is 1. The Balaban J connectivity index is 1.44. The number of ether oxygens (including phenoxy) is 1. The van der Waals surface area contributed by atoms with Crippen LogP contribution in [-0.4, -0.2) is 17.5 Å². The zero-order chi connectivity index (χ0) is 16.0. The first-order valence-electron chi connectivity index (χ1n) is 8.52. The first kappa shape index (κ1) is 14.7. The molecule has 0 radical (unpaired) electrons. The number of nitrogens with two attached hydrogens (primary N) is 1. The highest BCUT2D eigenvalue weighted by molar-refractivity contribution is 5.92. The van der Waals surface area contributed by atoms with Crippen molar-refractivity contribution in [2.75, 3.05) is 0 Å². The van der Waals surface area contributed by atoms with Crippen molar-refractivity contribution in [1.82, 2.24) is 0 Å². The Morgan fingerprint density at radius 1 is 1.17 bits per heavy atom. The Labute approximate surface area is 135 Å². The minimum atomic E-state index is -0.492. The van der Waals surface area contributed by atoms with E-state index in [-0.39, 0.29) is 18.1 Å². The second-order valence-electron chi connectivity index (χ2n) is 7.70. The molecule has 0 aliphatic heterocycles. The highest BCUT2D eigenvalue weighted by atomic mass is 16.6. The maximum Gasteiger partial charge on any atom is 0.373 e. The molecule has 4 aliphatic rings. The summed E-state index contributed by atoms with van der Waals surface area (Å²) < 4.78 is 7.65. The highest BCUT2D eigenvalue weighted by Gasteiger charge is 2.53. The van der Waals surface area contributed by atoms with Crippen LogP contribution < -0.4 is 10.3 Å². The second kappa shape index (κ2) is 5.32. The summed E-state index contributed by atoms with van der Waals surface area (Å²) in [4.78, 5) is 23.6. The van der Waals surface area contributed by atoms with Crippen LogP contribution in [0.2, 0.25) is 0 Å². The van der Waals surface area contributed by atoms with Crippen molar-refractivity contribution in [2.45, 2.75) is 50.7 Å². The topological polar surface area (TPSA) is 73.3 Å². The minimum Gasteiger partial charge on any atom is -0.454 e. The van der Waals surface area contributed by atoms with E-state index in [1.54, 1.807) is 29.1 Å². The number of aromatic nitrogens is 1. The molecule has 4 saturated carbocycles. The normalized spacial score (nSPS) is 34.3. The van der Waals surface area contributed by atoms with E-state index < -0.39 is 5.91 Å². The van der Waals surface area contributed by atoms with Crippen LogP contribution >= 0.6 is 0 Å². The largest absolute Gasteiger partial charge is 0.454 e. The maximum atomic E-state index is 12.4. The van der Waals surface area contributed by atoms with E-state index in [0.717, 1.165) is 37.0 Å². The van der Waals surface area contributed by atoms with E-state index >= 15 is 0 Å². The molecule has 0 saturated heterocycles. The van der Waals surface area contributed by atoms with Crippen LogP contribution in [0.3, 0.4) is 0 Å². The third-order valence-corrected chi connectivity index (χ3v) is 5.77. The fourth-order valence-corrected chi connectivity index (χ4v) is 5.35. The molecule has 0 aromatic carbocycles. The van der Waals surface area contributed by atoms with Gasteiger partial charge in [0.05, 0.1) is 0 Å². The Morgan fingerprint density at radius 2 is 1.78 bits per heavy atom. The van der Waals surface area contributed by atoms with Crippen molar-refractivity contribution in [3.63, 3.8) is 0 Å². The zero-order valence-corrected chi connectivity index (χ0v) is 13.2. The van der Waals surface area contributed by atoms with E-state index in [0.29, 0.717) is 5.56 Å². The molecule has 1 aromatic heterocycles. The average molecular weight is 315 g/mol. The van der Waals surface area contributed by atoms with E-state index in [9.17, 15) is 9.59 Å². The summed E-state index contributed by atoms with van der Waals surface area (Å²) in [6, 6.07) is 3.36. The summed E-state index contributed by atoms with van der Waals surface area (Å²) in [5.74, 6) is 1.55. The highest BCUT2D eigenvalue weighted by Crippen LogP contribution is 2.57. The van der Waals surface area contributed by atoms with E-state index in [2.05, 4.69) is 0 Å². The van der Waals surface area contributed by atoms with Gasteiger partial charge in [-0.1, -0.05) is 0 Å². The molecule has 1 heterocycles.